The Kier molecular flexibility index (Phi) is 12.6. The van der Waals surface area contributed by atoms with Gasteiger partial charge in [0.25, 0.3) is 0 Å². The van der Waals surface area contributed by atoms with Crippen LogP contribution in [0.4, 0.5) is 0 Å². The fraction of sp³-hybridized carbons (Fsp3) is 0.818. The summed E-state index contributed by atoms with van der Waals surface area (Å²) >= 11 is 0. The summed E-state index contributed by atoms with van der Waals surface area (Å²) in [5.74, 6) is -0.443. The standard InChI is InChI=1S/C33H59N5O4/c1-21(2)27(20-24(7)30(40)38-19-15-17-26(38)31(41)35(11)22(3)4)36(12)32(42)28(33(8,9)10)34-29(39)25-16-13-14-18-37(25)23(5)6/h20-23,25-28H,13-19H2,1-12H3,(H,34,39)/b24-20+. The summed E-state index contributed by atoms with van der Waals surface area (Å²) in [5, 5.41) is 3.13. The number of likely N-dealkylation sites (tertiary alicyclic amines) is 2. The first-order valence-corrected chi connectivity index (χ1v) is 16.0. The van der Waals surface area contributed by atoms with Gasteiger partial charge in [0, 0.05) is 38.3 Å². The Morgan fingerprint density at radius 1 is 0.857 bits per heavy atom. The van der Waals surface area contributed by atoms with Crippen LogP contribution in [0.3, 0.4) is 0 Å². The van der Waals surface area contributed by atoms with Crippen molar-refractivity contribution >= 4 is 23.6 Å². The molecule has 9 nitrogen and oxygen atoms in total. The van der Waals surface area contributed by atoms with E-state index in [9.17, 15) is 19.2 Å². The van der Waals surface area contributed by atoms with E-state index >= 15 is 0 Å². The molecule has 0 aliphatic carbocycles. The van der Waals surface area contributed by atoms with Gasteiger partial charge in [-0.05, 0) is 78.2 Å². The van der Waals surface area contributed by atoms with Gasteiger partial charge in [0.15, 0.2) is 0 Å². The van der Waals surface area contributed by atoms with Gasteiger partial charge >= 0.3 is 0 Å². The molecule has 2 heterocycles. The third-order valence-electron chi connectivity index (χ3n) is 9.07. The quantitative estimate of drug-likeness (QED) is 0.388. The van der Waals surface area contributed by atoms with Gasteiger partial charge < -0.3 is 20.0 Å². The summed E-state index contributed by atoms with van der Waals surface area (Å²) in [7, 11) is 3.54. The Bertz CT molecular complexity index is 999. The Morgan fingerprint density at radius 3 is 1.98 bits per heavy atom. The van der Waals surface area contributed by atoms with Gasteiger partial charge in [0.05, 0.1) is 12.1 Å². The first-order valence-electron chi connectivity index (χ1n) is 16.0. The molecule has 42 heavy (non-hydrogen) atoms. The van der Waals surface area contributed by atoms with Crippen molar-refractivity contribution in [2.75, 3.05) is 27.2 Å². The van der Waals surface area contributed by atoms with Crippen molar-refractivity contribution < 1.29 is 19.2 Å². The highest BCUT2D eigenvalue weighted by Crippen LogP contribution is 2.27. The molecule has 2 saturated heterocycles. The third-order valence-corrected chi connectivity index (χ3v) is 9.07. The molecule has 0 spiro atoms. The summed E-state index contributed by atoms with van der Waals surface area (Å²) in [6.07, 6.45) is 6.17. The lowest BCUT2D eigenvalue weighted by atomic mass is 9.84. The minimum Gasteiger partial charge on any atom is -0.342 e. The largest absolute Gasteiger partial charge is 0.342 e. The average molecular weight is 590 g/mol. The predicted octanol–water partition coefficient (Wildman–Crippen LogP) is 4.07. The SMILES string of the molecule is C/C(=C\C(C(C)C)N(C)C(=O)C(NC(=O)C1CCCCN1C(C)C)C(C)(C)C)C(=O)N1CCCC1C(=O)N(C)C(C)C. The maximum Gasteiger partial charge on any atom is 0.249 e. The molecule has 240 valence electrons. The van der Waals surface area contributed by atoms with E-state index < -0.39 is 17.5 Å². The topological polar surface area (TPSA) is 93.3 Å². The normalized spacial score (nSPS) is 22.0. The molecular weight excluding hydrogens is 530 g/mol. The molecule has 2 aliphatic rings. The molecule has 4 amide bonds. The van der Waals surface area contributed by atoms with Crippen LogP contribution in [0.15, 0.2) is 11.6 Å². The maximum atomic E-state index is 14.1. The number of likely N-dealkylation sites (N-methyl/N-ethyl adjacent to an activating group) is 2. The lowest BCUT2D eigenvalue weighted by Gasteiger charge is -2.41. The number of nitrogens with one attached hydrogen (secondary N) is 1. The second-order valence-corrected chi connectivity index (χ2v) is 14.4. The maximum absolute atomic E-state index is 14.1. The van der Waals surface area contributed by atoms with E-state index in [0.717, 1.165) is 32.2 Å². The minimum absolute atomic E-state index is 0.0240. The Morgan fingerprint density at radius 2 is 1.45 bits per heavy atom. The van der Waals surface area contributed by atoms with Gasteiger partial charge in [0.1, 0.15) is 12.1 Å². The van der Waals surface area contributed by atoms with E-state index in [2.05, 4.69) is 24.1 Å². The van der Waals surface area contributed by atoms with Crippen LogP contribution in [0.2, 0.25) is 0 Å². The number of hydrogen-bond donors (Lipinski definition) is 1. The van der Waals surface area contributed by atoms with E-state index in [4.69, 9.17) is 0 Å². The molecule has 4 unspecified atom stereocenters. The molecule has 0 aromatic rings. The van der Waals surface area contributed by atoms with Crippen LogP contribution in [0.25, 0.3) is 0 Å². The van der Waals surface area contributed by atoms with Gasteiger partial charge in [0.2, 0.25) is 23.6 Å². The van der Waals surface area contributed by atoms with Crippen molar-refractivity contribution in [3.63, 3.8) is 0 Å². The molecule has 0 saturated carbocycles. The fourth-order valence-electron chi connectivity index (χ4n) is 6.15. The van der Waals surface area contributed by atoms with E-state index in [1.165, 1.54) is 0 Å². The zero-order chi connectivity index (χ0) is 32.1. The summed E-state index contributed by atoms with van der Waals surface area (Å²) in [4.78, 5) is 61.7. The number of carbonyl (C=O) groups is 4. The third kappa shape index (κ3) is 8.57. The molecule has 9 heteroatoms. The van der Waals surface area contributed by atoms with Crippen molar-refractivity contribution in [2.45, 2.75) is 138 Å². The lowest BCUT2D eigenvalue weighted by Crippen LogP contribution is -2.60. The zero-order valence-corrected chi connectivity index (χ0v) is 28.5. The number of hydrogen-bond acceptors (Lipinski definition) is 5. The molecule has 1 N–H and O–H groups in total. The Labute approximate surface area is 255 Å². The number of rotatable bonds is 10. The number of nitrogens with zero attached hydrogens (tertiary/aromatic N) is 4. The zero-order valence-electron chi connectivity index (χ0n) is 28.5. The molecule has 0 aromatic carbocycles. The molecule has 0 bridgehead atoms. The molecule has 2 aliphatic heterocycles. The molecule has 0 aromatic heterocycles. The summed E-state index contributed by atoms with van der Waals surface area (Å²) in [6, 6.07) is -1.48. The van der Waals surface area contributed by atoms with Crippen LogP contribution in [-0.4, -0.2) is 107 Å². The van der Waals surface area contributed by atoms with Crippen molar-refractivity contribution in [1.82, 2.24) is 24.9 Å². The highest BCUT2D eigenvalue weighted by atomic mass is 16.2. The molecule has 2 rings (SSSR count). The fourth-order valence-corrected chi connectivity index (χ4v) is 6.15. The van der Waals surface area contributed by atoms with Gasteiger partial charge in [-0.3, -0.25) is 24.1 Å². The van der Waals surface area contributed by atoms with Gasteiger partial charge in [-0.2, -0.15) is 0 Å². The Hall–Kier alpha value is -2.42. The van der Waals surface area contributed by atoms with Crippen LogP contribution in [0.1, 0.15) is 101 Å². The van der Waals surface area contributed by atoms with Crippen LogP contribution in [0.5, 0.6) is 0 Å². The van der Waals surface area contributed by atoms with Crippen LogP contribution >= 0.6 is 0 Å². The second kappa shape index (κ2) is 14.8. The first-order chi connectivity index (χ1) is 19.4. The van der Waals surface area contributed by atoms with Gasteiger partial charge in [-0.25, -0.2) is 0 Å². The molecule has 4 atom stereocenters. The van der Waals surface area contributed by atoms with Crippen molar-refractivity contribution in [3.05, 3.63) is 11.6 Å². The molecular formula is C33H59N5O4. The number of piperidine rings is 1. The van der Waals surface area contributed by atoms with E-state index in [0.29, 0.717) is 18.5 Å². The Balaban J connectivity index is 2.28. The van der Waals surface area contributed by atoms with E-state index in [-0.39, 0.29) is 53.7 Å². The number of carbonyl (C=O) groups excluding carboxylic acids is 4. The number of amides is 4. The van der Waals surface area contributed by atoms with E-state index in [1.54, 1.807) is 35.7 Å². The minimum atomic E-state index is -0.719. The van der Waals surface area contributed by atoms with Crippen molar-refractivity contribution in [3.8, 4) is 0 Å². The van der Waals surface area contributed by atoms with Crippen molar-refractivity contribution in [2.24, 2.45) is 11.3 Å². The summed E-state index contributed by atoms with van der Waals surface area (Å²) in [5.41, 5.74) is 0.00592. The summed E-state index contributed by atoms with van der Waals surface area (Å²) in [6.45, 7) is 21.3. The van der Waals surface area contributed by atoms with Gasteiger partial charge in [-0.15, -0.1) is 0 Å². The van der Waals surface area contributed by atoms with Gasteiger partial charge in [-0.1, -0.05) is 47.1 Å². The second-order valence-electron chi connectivity index (χ2n) is 14.4. The monoisotopic (exact) mass is 589 g/mol. The molecule has 0 radical (unpaired) electrons. The highest BCUT2D eigenvalue weighted by Gasteiger charge is 2.41. The average Bonchev–Trinajstić information content (AvgIpc) is 3.41. The van der Waals surface area contributed by atoms with Crippen LogP contribution in [0, 0.1) is 11.3 Å². The first kappa shape index (κ1) is 35.8. The van der Waals surface area contributed by atoms with E-state index in [1.807, 2.05) is 54.5 Å². The molecule has 2 fully saturated rings. The lowest BCUT2D eigenvalue weighted by molar-refractivity contribution is -0.142. The van der Waals surface area contributed by atoms with Crippen molar-refractivity contribution in [1.29, 1.82) is 0 Å². The smallest absolute Gasteiger partial charge is 0.249 e. The van der Waals surface area contributed by atoms with Crippen LogP contribution < -0.4 is 5.32 Å². The predicted molar refractivity (Wildman–Crippen MR) is 169 cm³/mol. The van der Waals surface area contributed by atoms with Crippen LogP contribution in [-0.2, 0) is 19.2 Å². The summed E-state index contributed by atoms with van der Waals surface area (Å²) < 4.78 is 0. The highest BCUT2D eigenvalue weighted by molar-refractivity contribution is 5.97.